The van der Waals surface area contributed by atoms with Gasteiger partial charge < -0.3 is 4.42 Å². The number of furan rings is 1. The van der Waals surface area contributed by atoms with Crippen LogP contribution in [0.3, 0.4) is 0 Å². The minimum absolute atomic E-state index is 0.00170. The lowest BCUT2D eigenvalue weighted by atomic mass is 10.2. The molecule has 0 aliphatic rings. The lowest BCUT2D eigenvalue weighted by Gasteiger charge is -2.05. The van der Waals surface area contributed by atoms with Gasteiger partial charge in [0.05, 0.1) is 18.1 Å². The number of halogens is 6. The molecule has 1 aromatic carbocycles. The van der Waals surface area contributed by atoms with Crippen LogP contribution in [0.1, 0.15) is 46.1 Å². The van der Waals surface area contributed by atoms with Crippen LogP contribution in [0.4, 0.5) is 27.9 Å². The van der Waals surface area contributed by atoms with E-state index in [-0.39, 0.29) is 29.8 Å². The van der Waals surface area contributed by atoms with Crippen LogP contribution in [0, 0.1) is 5.82 Å². The minimum atomic E-state index is -3.15. The average molecular weight is 501 g/mol. The first-order valence-electron chi connectivity index (χ1n) is 9.57. The second kappa shape index (κ2) is 9.63. The fourth-order valence-electron chi connectivity index (χ4n) is 3.04. The van der Waals surface area contributed by atoms with E-state index in [0.29, 0.717) is 4.68 Å². The molecule has 8 nitrogen and oxygen atoms in total. The van der Waals surface area contributed by atoms with Crippen LogP contribution in [0.15, 0.2) is 47.1 Å². The summed E-state index contributed by atoms with van der Waals surface area (Å²) < 4.78 is 72.9. The normalized spacial score (nSPS) is 11.5. The van der Waals surface area contributed by atoms with E-state index in [1.165, 1.54) is 35.3 Å². The summed E-state index contributed by atoms with van der Waals surface area (Å²) in [5.41, 5.74) is -1.09. The van der Waals surface area contributed by atoms with Crippen LogP contribution in [0.2, 0.25) is 5.02 Å². The molecule has 0 bridgehead atoms. The van der Waals surface area contributed by atoms with Gasteiger partial charge in [-0.3, -0.25) is 14.8 Å². The van der Waals surface area contributed by atoms with Crippen LogP contribution >= 0.6 is 11.6 Å². The van der Waals surface area contributed by atoms with Gasteiger partial charge in [-0.05, 0) is 29.8 Å². The topological polar surface area (TPSA) is 90.8 Å². The fourth-order valence-corrected chi connectivity index (χ4v) is 3.34. The largest absolute Gasteiger partial charge is 0.454 e. The molecular weight excluding hydrogens is 487 g/mol. The highest BCUT2D eigenvalue weighted by atomic mass is 35.5. The summed E-state index contributed by atoms with van der Waals surface area (Å²) in [5, 5.41) is 9.11. The smallest absolute Gasteiger partial charge is 0.293 e. The summed E-state index contributed by atoms with van der Waals surface area (Å²) in [7, 11) is 0. The summed E-state index contributed by atoms with van der Waals surface area (Å²) in [6.45, 7) is -0.169. The van der Waals surface area contributed by atoms with Crippen LogP contribution in [0.25, 0.3) is 0 Å². The van der Waals surface area contributed by atoms with Crippen molar-refractivity contribution in [3.05, 3.63) is 82.0 Å². The molecule has 3 heterocycles. The van der Waals surface area contributed by atoms with Crippen molar-refractivity contribution in [2.75, 3.05) is 5.32 Å². The molecule has 3 aromatic heterocycles. The number of hydrogen-bond donors (Lipinski definition) is 1. The van der Waals surface area contributed by atoms with Crippen molar-refractivity contribution in [3.63, 3.8) is 0 Å². The Labute approximate surface area is 192 Å². The third kappa shape index (κ3) is 5.09. The second-order valence-corrected chi connectivity index (χ2v) is 7.33. The standard InChI is InChI=1S/C20H14ClF5N6O2/c21-14-15(17(23)24)29-32(16(14)18(25)26)8-12-5-6-13(34-12)19(33)28-20-27-9-31(30-20)7-10-1-3-11(22)4-2-10/h1-6,9,17-18H,7-8H2,(H,28,30,33). The minimum Gasteiger partial charge on any atom is -0.454 e. The Morgan fingerprint density at radius 1 is 1.03 bits per heavy atom. The molecule has 1 amide bonds. The number of anilines is 1. The molecule has 4 aromatic rings. The molecule has 0 aliphatic carbocycles. The Hall–Kier alpha value is -3.74. The van der Waals surface area contributed by atoms with Crippen molar-refractivity contribution in [2.45, 2.75) is 25.9 Å². The first-order chi connectivity index (χ1) is 16.2. The summed E-state index contributed by atoms with van der Waals surface area (Å²) in [4.78, 5) is 16.4. The van der Waals surface area contributed by atoms with Gasteiger partial charge in [0.15, 0.2) is 5.76 Å². The van der Waals surface area contributed by atoms with E-state index in [4.69, 9.17) is 16.0 Å². The maximum atomic E-state index is 13.3. The molecule has 0 spiro atoms. The molecule has 0 aliphatic heterocycles. The number of nitrogens with zero attached hydrogens (tertiary/aromatic N) is 5. The molecular formula is C20H14ClF5N6O2. The quantitative estimate of drug-likeness (QED) is 0.341. The number of rotatable bonds is 8. The molecule has 34 heavy (non-hydrogen) atoms. The number of aromatic nitrogens is 5. The molecule has 4 rings (SSSR count). The number of amides is 1. The van der Waals surface area contributed by atoms with Crippen LogP contribution < -0.4 is 5.32 Å². The zero-order valence-electron chi connectivity index (χ0n) is 16.9. The van der Waals surface area contributed by atoms with Crippen molar-refractivity contribution >= 4 is 23.5 Å². The maximum Gasteiger partial charge on any atom is 0.293 e. The Morgan fingerprint density at radius 3 is 2.44 bits per heavy atom. The number of alkyl halides is 4. The fraction of sp³-hybridized carbons (Fsp3) is 0.200. The summed E-state index contributed by atoms with van der Waals surface area (Å²) >= 11 is 5.62. The molecule has 0 radical (unpaired) electrons. The van der Waals surface area contributed by atoms with Gasteiger partial charge in [-0.15, -0.1) is 5.10 Å². The van der Waals surface area contributed by atoms with Crippen molar-refractivity contribution in [2.24, 2.45) is 0 Å². The van der Waals surface area contributed by atoms with Crippen molar-refractivity contribution in [3.8, 4) is 0 Å². The SMILES string of the molecule is O=C(Nc1ncn(Cc2ccc(F)cc2)n1)c1ccc(Cn2nc(C(F)F)c(Cl)c2C(F)F)o1. The van der Waals surface area contributed by atoms with Crippen LogP contribution in [0.5, 0.6) is 0 Å². The third-order valence-electron chi connectivity index (χ3n) is 4.58. The van der Waals surface area contributed by atoms with Gasteiger partial charge in [0.25, 0.3) is 18.8 Å². The van der Waals surface area contributed by atoms with E-state index < -0.39 is 41.7 Å². The van der Waals surface area contributed by atoms with Gasteiger partial charge >= 0.3 is 0 Å². The molecule has 14 heteroatoms. The Morgan fingerprint density at radius 2 is 1.76 bits per heavy atom. The lowest BCUT2D eigenvalue weighted by Crippen LogP contribution is -2.13. The molecule has 178 valence electrons. The van der Waals surface area contributed by atoms with E-state index in [2.05, 4.69) is 20.5 Å². The van der Waals surface area contributed by atoms with Gasteiger partial charge in [0, 0.05) is 0 Å². The average Bonchev–Trinajstić information content (AvgIpc) is 3.49. The van der Waals surface area contributed by atoms with Gasteiger partial charge in [-0.25, -0.2) is 31.6 Å². The first-order valence-corrected chi connectivity index (χ1v) is 9.95. The van der Waals surface area contributed by atoms with E-state index in [0.717, 1.165) is 5.56 Å². The summed E-state index contributed by atoms with van der Waals surface area (Å²) in [6, 6.07) is 8.34. The Kier molecular flexibility index (Phi) is 6.63. The highest BCUT2D eigenvalue weighted by Crippen LogP contribution is 2.35. The lowest BCUT2D eigenvalue weighted by molar-refractivity contribution is 0.0993. The summed E-state index contributed by atoms with van der Waals surface area (Å²) in [6.07, 6.45) is -4.93. The molecule has 0 saturated heterocycles. The number of hydrogen-bond acceptors (Lipinski definition) is 5. The molecule has 0 fully saturated rings. The number of carbonyl (C=O) groups excluding carboxylic acids is 1. The zero-order valence-corrected chi connectivity index (χ0v) is 17.7. The van der Waals surface area contributed by atoms with Gasteiger partial charge in [0.2, 0.25) is 5.95 Å². The Balaban J connectivity index is 1.43. The molecule has 1 N–H and O–H groups in total. The number of carbonyl (C=O) groups is 1. The third-order valence-corrected chi connectivity index (χ3v) is 4.97. The van der Waals surface area contributed by atoms with Gasteiger partial charge in [0.1, 0.15) is 29.3 Å². The number of benzene rings is 1. The first kappa shape index (κ1) is 23.4. The van der Waals surface area contributed by atoms with Crippen molar-refractivity contribution < 1.29 is 31.2 Å². The van der Waals surface area contributed by atoms with E-state index in [9.17, 15) is 26.7 Å². The van der Waals surface area contributed by atoms with Crippen molar-refractivity contribution in [1.82, 2.24) is 24.5 Å². The maximum absolute atomic E-state index is 13.3. The second-order valence-electron chi connectivity index (χ2n) is 6.96. The van der Waals surface area contributed by atoms with E-state index >= 15 is 0 Å². The van der Waals surface area contributed by atoms with Crippen molar-refractivity contribution in [1.29, 1.82) is 0 Å². The zero-order chi connectivity index (χ0) is 24.4. The monoisotopic (exact) mass is 500 g/mol. The van der Waals surface area contributed by atoms with Crippen LogP contribution in [-0.2, 0) is 13.1 Å². The predicted octanol–water partition coefficient (Wildman–Crippen LogP) is 5.08. The highest BCUT2D eigenvalue weighted by Gasteiger charge is 2.28. The molecule has 0 atom stereocenters. The van der Waals surface area contributed by atoms with E-state index in [1.807, 2.05) is 0 Å². The molecule has 0 unspecified atom stereocenters. The highest BCUT2D eigenvalue weighted by molar-refractivity contribution is 6.32. The van der Waals surface area contributed by atoms with Crippen LogP contribution in [-0.4, -0.2) is 30.5 Å². The Bertz CT molecular complexity index is 1300. The van der Waals surface area contributed by atoms with Gasteiger partial charge in [-0.1, -0.05) is 23.7 Å². The predicted molar refractivity (Wildman–Crippen MR) is 108 cm³/mol. The van der Waals surface area contributed by atoms with Gasteiger partial charge in [-0.2, -0.15) is 5.10 Å². The van der Waals surface area contributed by atoms with E-state index in [1.54, 1.807) is 12.1 Å². The summed E-state index contributed by atoms with van der Waals surface area (Å²) in [5.74, 6) is -1.33. The molecule has 0 saturated carbocycles. The number of nitrogens with one attached hydrogen (secondary N) is 1.